The first-order valence-electron chi connectivity index (χ1n) is 9.62. The highest BCUT2D eigenvalue weighted by atomic mass is 16.5. The Morgan fingerprint density at radius 1 is 0.967 bits per heavy atom. The van der Waals surface area contributed by atoms with Crippen molar-refractivity contribution >= 4 is 16.9 Å². The summed E-state index contributed by atoms with van der Waals surface area (Å²) < 4.78 is 10.2. The van der Waals surface area contributed by atoms with Crippen molar-refractivity contribution in [2.24, 2.45) is 0 Å². The number of rotatable bonds is 5. The molecule has 0 fully saturated rings. The van der Waals surface area contributed by atoms with E-state index in [2.05, 4.69) is 11.9 Å². The third kappa shape index (κ3) is 3.08. The van der Waals surface area contributed by atoms with Crippen LogP contribution < -0.4 is 4.74 Å². The standard InChI is InChI=1S/C25H23NO4/c1-25(17-7-5-4-6-8-17,20-11-10-18(29-2)14-23(20)27)21-15-26-22-12-9-16(13-19(21)22)24(28)30-3/h4-15,26-27H,1-3H3/t25-/m1/s1. The van der Waals surface area contributed by atoms with E-state index < -0.39 is 11.4 Å². The van der Waals surface area contributed by atoms with Crippen molar-refractivity contribution in [1.82, 2.24) is 4.98 Å². The van der Waals surface area contributed by atoms with E-state index >= 15 is 0 Å². The highest BCUT2D eigenvalue weighted by Gasteiger charge is 2.36. The van der Waals surface area contributed by atoms with Gasteiger partial charge in [0.05, 0.1) is 19.8 Å². The van der Waals surface area contributed by atoms with E-state index in [0.717, 1.165) is 27.6 Å². The van der Waals surface area contributed by atoms with Crippen LogP contribution in [0.3, 0.4) is 0 Å². The van der Waals surface area contributed by atoms with E-state index in [-0.39, 0.29) is 5.75 Å². The molecule has 2 N–H and O–H groups in total. The van der Waals surface area contributed by atoms with Crippen LogP contribution in [-0.4, -0.2) is 30.3 Å². The molecule has 0 unspecified atom stereocenters. The monoisotopic (exact) mass is 401 g/mol. The van der Waals surface area contributed by atoms with Gasteiger partial charge >= 0.3 is 5.97 Å². The lowest BCUT2D eigenvalue weighted by Crippen LogP contribution is -2.25. The molecule has 0 saturated heterocycles. The lowest BCUT2D eigenvalue weighted by Gasteiger charge is -2.32. The normalized spacial score (nSPS) is 13.0. The molecule has 0 saturated carbocycles. The zero-order chi connectivity index (χ0) is 21.3. The Hall–Kier alpha value is -3.73. The molecule has 0 aliphatic carbocycles. The molecular formula is C25H23NO4. The van der Waals surface area contributed by atoms with Gasteiger partial charge in [0.25, 0.3) is 0 Å². The quantitative estimate of drug-likeness (QED) is 0.461. The summed E-state index contributed by atoms with van der Waals surface area (Å²) >= 11 is 0. The van der Waals surface area contributed by atoms with Crippen molar-refractivity contribution in [3.8, 4) is 11.5 Å². The topological polar surface area (TPSA) is 71.6 Å². The number of phenols is 1. The number of aromatic amines is 1. The first-order chi connectivity index (χ1) is 14.5. The zero-order valence-corrected chi connectivity index (χ0v) is 17.1. The average molecular weight is 401 g/mol. The fourth-order valence-electron chi connectivity index (χ4n) is 4.07. The molecule has 0 aliphatic heterocycles. The molecule has 5 heteroatoms. The van der Waals surface area contributed by atoms with Crippen molar-refractivity contribution in [1.29, 1.82) is 0 Å². The second-order valence-electron chi connectivity index (χ2n) is 7.33. The van der Waals surface area contributed by atoms with E-state index in [1.54, 1.807) is 19.2 Å². The maximum atomic E-state index is 12.1. The van der Waals surface area contributed by atoms with Crippen LogP contribution in [0.5, 0.6) is 11.5 Å². The molecule has 0 spiro atoms. The number of aromatic nitrogens is 1. The summed E-state index contributed by atoms with van der Waals surface area (Å²) in [6.07, 6.45) is 1.93. The number of methoxy groups -OCH3 is 2. The number of hydrogen-bond acceptors (Lipinski definition) is 4. The van der Waals surface area contributed by atoms with Gasteiger partial charge in [-0.15, -0.1) is 0 Å². The Labute approximate surface area is 174 Å². The summed E-state index contributed by atoms with van der Waals surface area (Å²) in [7, 11) is 2.94. The van der Waals surface area contributed by atoms with E-state index in [1.807, 2.05) is 60.8 Å². The van der Waals surface area contributed by atoms with Gasteiger partial charge in [0.2, 0.25) is 0 Å². The van der Waals surface area contributed by atoms with Crippen molar-refractivity contribution in [3.05, 3.63) is 95.2 Å². The van der Waals surface area contributed by atoms with Gasteiger partial charge in [0, 0.05) is 34.1 Å². The number of carbonyl (C=O) groups excluding carboxylic acids is 1. The third-order valence-corrected chi connectivity index (χ3v) is 5.74. The van der Waals surface area contributed by atoms with Gasteiger partial charge in [-0.05, 0) is 42.3 Å². The van der Waals surface area contributed by atoms with Crippen LogP contribution in [0.4, 0.5) is 0 Å². The minimum Gasteiger partial charge on any atom is -0.507 e. The van der Waals surface area contributed by atoms with Crippen LogP contribution in [0.1, 0.15) is 34.0 Å². The molecular weight excluding hydrogens is 378 g/mol. The summed E-state index contributed by atoms with van der Waals surface area (Å²) in [5, 5.41) is 11.8. The fraction of sp³-hybridized carbons (Fsp3) is 0.160. The van der Waals surface area contributed by atoms with Crippen LogP contribution in [0.25, 0.3) is 10.9 Å². The van der Waals surface area contributed by atoms with E-state index in [0.29, 0.717) is 11.3 Å². The molecule has 0 radical (unpaired) electrons. The molecule has 1 aromatic heterocycles. The van der Waals surface area contributed by atoms with Crippen LogP contribution in [0.15, 0.2) is 72.9 Å². The number of esters is 1. The number of ether oxygens (including phenoxy) is 2. The van der Waals surface area contributed by atoms with Gasteiger partial charge in [0.15, 0.2) is 0 Å². The maximum Gasteiger partial charge on any atom is 0.337 e. The van der Waals surface area contributed by atoms with E-state index in [1.165, 1.54) is 7.11 Å². The Morgan fingerprint density at radius 2 is 1.73 bits per heavy atom. The van der Waals surface area contributed by atoms with Crippen LogP contribution in [0.2, 0.25) is 0 Å². The van der Waals surface area contributed by atoms with Gasteiger partial charge in [-0.3, -0.25) is 0 Å². The number of benzene rings is 3. The largest absolute Gasteiger partial charge is 0.507 e. The summed E-state index contributed by atoms with van der Waals surface area (Å²) in [5.74, 6) is 0.329. The average Bonchev–Trinajstić information content (AvgIpc) is 3.22. The number of phenolic OH excluding ortho intramolecular Hbond substituents is 1. The number of fused-ring (bicyclic) bond motifs is 1. The van der Waals surface area contributed by atoms with Gasteiger partial charge in [0.1, 0.15) is 11.5 Å². The minimum absolute atomic E-state index is 0.138. The molecule has 1 atom stereocenters. The van der Waals surface area contributed by atoms with Crippen molar-refractivity contribution < 1.29 is 19.4 Å². The molecule has 0 bridgehead atoms. The van der Waals surface area contributed by atoms with Crippen LogP contribution in [0, 0.1) is 0 Å². The number of carbonyl (C=O) groups is 1. The van der Waals surface area contributed by atoms with Crippen LogP contribution in [-0.2, 0) is 10.2 Å². The Kier molecular flexibility index (Phi) is 4.96. The first kappa shape index (κ1) is 19.6. The third-order valence-electron chi connectivity index (χ3n) is 5.74. The van der Waals surface area contributed by atoms with Crippen LogP contribution >= 0.6 is 0 Å². The zero-order valence-electron chi connectivity index (χ0n) is 17.1. The highest BCUT2D eigenvalue weighted by Crippen LogP contribution is 2.46. The molecule has 1 heterocycles. The molecule has 3 aromatic carbocycles. The van der Waals surface area contributed by atoms with Crippen molar-refractivity contribution in [2.75, 3.05) is 14.2 Å². The Bertz CT molecular complexity index is 1210. The summed E-state index contributed by atoms with van der Waals surface area (Å²) in [6, 6.07) is 20.7. The molecule has 0 amide bonds. The summed E-state index contributed by atoms with van der Waals surface area (Å²) in [5.41, 5.74) is 3.36. The van der Waals surface area contributed by atoms with Crippen molar-refractivity contribution in [3.63, 3.8) is 0 Å². The maximum absolute atomic E-state index is 12.1. The molecule has 30 heavy (non-hydrogen) atoms. The lowest BCUT2D eigenvalue weighted by molar-refractivity contribution is 0.0601. The number of H-pyrrole nitrogens is 1. The second-order valence-corrected chi connectivity index (χ2v) is 7.33. The number of hydrogen-bond donors (Lipinski definition) is 2. The summed E-state index contributed by atoms with van der Waals surface area (Å²) in [4.78, 5) is 15.4. The van der Waals surface area contributed by atoms with Gasteiger partial charge in [-0.1, -0.05) is 36.4 Å². The van der Waals surface area contributed by atoms with Gasteiger partial charge in [-0.2, -0.15) is 0 Å². The molecule has 5 nitrogen and oxygen atoms in total. The molecule has 4 aromatic rings. The number of aromatic hydroxyl groups is 1. The minimum atomic E-state index is -0.690. The highest BCUT2D eigenvalue weighted by molar-refractivity contribution is 5.96. The predicted octanol–water partition coefficient (Wildman–Crippen LogP) is 5.02. The molecule has 152 valence electrons. The number of nitrogens with one attached hydrogen (secondary N) is 1. The smallest absolute Gasteiger partial charge is 0.337 e. The SMILES string of the molecule is COC(=O)c1ccc2[nH]cc([C@](C)(c3ccccc3)c3ccc(OC)cc3O)c2c1. The van der Waals surface area contributed by atoms with Gasteiger partial charge < -0.3 is 19.6 Å². The van der Waals surface area contributed by atoms with Crippen molar-refractivity contribution in [2.45, 2.75) is 12.3 Å². The molecule has 0 aliphatic rings. The van der Waals surface area contributed by atoms with E-state index in [9.17, 15) is 9.90 Å². The van der Waals surface area contributed by atoms with Gasteiger partial charge in [-0.25, -0.2) is 4.79 Å². The lowest BCUT2D eigenvalue weighted by atomic mass is 9.70. The first-order valence-corrected chi connectivity index (χ1v) is 9.62. The molecule has 4 rings (SSSR count). The second kappa shape index (κ2) is 7.59. The fourth-order valence-corrected chi connectivity index (χ4v) is 4.07. The Balaban J connectivity index is 2.02. The van der Waals surface area contributed by atoms with E-state index in [4.69, 9.17) is 9.47 Å². The predicted molar refractivity (Wildman–Crippen MR) is 116 cm³/mol. The summed E-state index contributed by atoms with van der Waals surface area (Å²) in [6.45, 7) is 2.07. The Morgan fingerprint density at radius 3 is 2.40 bits per heavy atom.